The predicted octanol–water partition coefficient (Wildman–Crippen LogP) is -0.295. The van der Waals surface area contributed by atoms with Crippen molar-refractivity contribution in [3.63, 3.8) is 0 Å². The van der Waals surface area contributed by atoms with Crippen LogP contribution in [-0.2, 0) is 4.79 Å². The number of rotatable bonds is 4. The molecule has 0 spiro atoms. The Hall–Kier alpha value is -0.0200. The molecule has 5 heteroatoms. The molecule has 0 aromatic heterocycles. The van der Waals surface area contributed by atoms with Crippen molar-refractivity contribution in [3.05, 3.63) is 0 Å². The normalized spacial score (nSPS) is 11.4. The van der Waals surface area contributed by atoms with Gasteiger partial charge in [-0.25, -0.2) is 0 Å². The molecule has 4 nitrogen and oxygen atoms in total. The first-order valence-corrected chi connectivity index (χ1v) is 4.39. The minimum Gasteiger partial charge on any atom is -0.303 e. The molecule has 0 aromatic rings. The third kappa shape index (κ3) is 7.98. The zero-order valence-corrected chi connectivity index (χ0v) is 5.79. The van der Waals surface area contributed by atoms with Crippen LogP contribution < -0.4 is 0 Å². The molecular formula is C4H10O4P+. The molecule has 0 fully saturated rings. The van der Waals surface area contributed by atoms with Crippen LogP contribution in [0.5, 0.6) is 0 Å². The molecule has 9 heavy (non-hydrogen) atoms. The fourth-order valence-electron chi connectivity index (χ4n) is 0.387. The van der Waals surface area contributed by atoms with Gasteiger partial charge in [-0.3, -0.25) is 0 Å². The van der Waals surface area contributed by atoms with Gasteiger partial charge >= 0.3 is 7.94 Å². The summed E-state index contributed by atoms with van der Waals surface area (Å²) < 4.78 is 0. The Labute approximate surface area is 53.7 Å². The van der Waals surface area contributed by atoms with E-state index in [-0.39, 0.29) is 12.6 Å². The van der Waals surface area contributed by atoms with Crippen molar-refractivity contribution >= 4 is 14.2 Å². The van der Waals surface area contributed by atoms with Crippen LogP contribution >= 0.6 is 7.94 Å². The molecule has 0 atom stereocenters. The molecule has 0 amide bonds. The average Bonchev–Trinajstić information content (AvgIpc) is 1.63. The summed E-state index contributed by atoms with van der Waals surface area (Å²) in [6, 6.07) is 0. The smallest absolute Gasteiger partial charge is 0.303 e. The second-order valence-electron chi connectivity index (χ2n) is 1.73. The Morgan fingerprint density at radius 2 is 1.89 bits per heavy atom. The fourth-order valence-corrected chi connectivity index (χ4v) is 0.994. The van der Waals surface area contributed by atoms with E-state index in [9.17, 15) is 4.79 Å². The maximum atomic E-state index is 9.66. The van der Waals surface area contributed by atoms with Crippen LogP contribution in [0, 0.1) is 0 Å². The maximum absolute atomic E-state index is 9.66. The van der Waals surface area contributed by atoms with Gasteiger partial charge < -0.3 is 4.79 Å². The van der Waals surface area contributed by atoms with Crippen LogP contribution in [-0.4, -0.2) is 27.1 Å². The minimum absolute atomic E-state index is 0.0776. The summed E-state index contributed by atoms with van der Waals surface area (Å²) in [5, 5.41) is 0. The lowest BCUT2D eigenvalue weighted by atomic mass is 10.4. The van der Waals surface area contributed by atoms with E-state index in [1.54, 1.807) is 0 Å². The molecule has 0 aromatic carbocycles. The number of hydrogen-bond acceptors (Lipinski definition) is 4. The molecule has 0 bridgehead atoms. The van der Waals surface area contributed by atoms with E-state index in [0.29, 0.717) is 12.7 Å². The zero-order valence-electron chi connectivity index (χ0n) is 4.90. The van der Waals surface area contributed by atoms with Crippen LogP contribution in [0.25, 0.3) is 0 Å². The fraction of sp³-hybridized carbons (Fsp3) is 0.750. The second-order valence-corrected chi connectivity index (χ2v) is 3.56. The Morgan fingerprint density at radius 1 is 1.33 bits per heavy atom. The van der Waals surface area contributed by atoms with Gasteiger partial charge in [-0.05, 0) is 6.42 Å². The summed E-state index contributed by atoms with van der Waals surface area (Å²) in [5.41, 5.74) is 0. The average molecular weight is 153 g/mol. The van der Waals surface area contributed by atoms with E-state index in [1.165, 1.54) is 0 Å². The van der Waals surface area contributed by atoms with Crippen LogP contribution in [0.15, 0.2) is 0 Å². The monoisotopic (exact) mass is 153 g/mol. The molecule has 0 aliphatic carbocycles. The van der Waals surface area contributed by atoms with Gasteiger partial charge in [0.1, 0.15) is 12.4 Å². The highest BCUT2D eigenvalue weighted by molar-refractivity contribution is 7.58. The molecular weight excluding hydrogens is 143 g/mol. The standard InChI is InChI=1S/C4H10O4P/c5-3-1-2-4-9(6,7)8/h3,6-8H,1-2,4H2/q+1. The number of carbonyl (C=O) groups excluding carboxylic acids is 1. The predicted molar refractivity (Wildman–Crippen MR) is 33.7 cm³/mol. The van der Waals surface area contributed by atoms with E-state index < -0.39 is 7.94 Å². The van der Waals surface area contributed by atoms with E-state index in [1.807, 2.05) is 0 Å². The molecule has 0 saturated carbocycles. The summed E-state index contributed by atoms with van der Waals surface area (Å²) in [6.45, 7) is 0. The molecule has 3 N–H and O–H groups in total. The van der Waals surface area contributed by atoms with E-state index in [2.05, 4.69) is 0 Å². The number of hydrogen-bond donors (Lipinski definition) is 3. The minimum atomic E-state index is -3.60. The van der Waals surface area contributed by atoms with Gasteiger partial charge in [0.25, 0.3) is 0 Å². The van der Waals surface area contributed by atoms with E-state index >= 15 is 0 Å². The lowest BCUT2D eigenvalue weighted by Crippen LogP contribution is -1.94. The first kappa shape index (κ1) is 8.98. The summed E-state index contributed by atoms with van der Waals surface area (Å²) in [5.74, 6) is 0. The van der Waals surface area contributed by atoms with E-state index in [4.69, 9.17) is 14.7 Å². The van der Waals surface area contributed by atoms with Crippen molar-refractivity contribution < 1.29 is 19.5 Å². The Morgan fingerprint density at radius 3 is 2.22 bits per heavy atom. The Kier molecular flexibility index (Phi) is 3.89. The van der Waals surface area contributed by atoms with Crippen molar-refractivity contribution in [2.24, 2.45) is 0 Å². The van der Waals surface area contributed by atoms with Gasteiger partial charge in [0.15, 0.2) is 0 Å². The highest BCUT2D eigenvalue weighted by atomic mass is 31.2. The number of aldehydes is 1. The molecule has 0 radical (unpaired) electrons. The quantitative estimate of drug-likeness (QED) is 0.294. The lowest BCUT2D eigenvalue weighted by molar-refractivity contribution is -0.107. The highest BCUT2D eigenvalue weighted by Gasteiger charge is 2.27. The lowest BCUT2D eigenvalue weighted by Gasteiger charge is -1.99. The molecule has 0 rings (SSSR count). The third-order valence-corrected chi connectivity index (χ3v) is 1.70. The molecule has 0 heterocycles. The van der Waals surface area contributed by atoms with Crippen molar-refractivity contribution in [1.29, 1.82) is 0 Å². The Bertz CT molecular complexity index is 87.1. The third-order valence-electron chi connectivity index (χ3n) is 0.780. The summed E-state index contributed by atoms with van der Waals surface area (Å²) >= 11 is 0. The van der Waals surface area contributed by atoms with Gasteiger partial charge in [0, 0.05) is 6.42 Å². The molecule has 0 aliphatic rings. The number of unbranched alkanes of at least 4 members (excludes halogenated alkanes) is 1. The maximum Gasteiger partial charge on any atom is 0.403 e. The van der Waals surface area contributed by atoms with Crippen LogP contribution in [0.2, 0.25) is 0 Å². The molecule has 0 unspecified atom stereocenters. The van der Waals surface area contributed by atoms with Crippen molar-refractivity contribution in [3.8, 4) is 0 Å². The molecule has 0 aliphatic heterocycles. The van der Waals surface area contributed by atoms with E-state index in [0.717, 1.165) is 0 Å². The van der Waals surface area contributed by atoms with Gasteiger partial charge in [-0.15, -0.1) is 0 Å². The van der Waals surface area contributed by atoms with Crippen LogP contribution in [0.1, 0.15) is 12.8 Å². The van der Waals surface area contributed by atoms with Crippen LogP contribution in [0.3, 0.4) is 0 Å². The van der Waals surface area contributed by atoms with Crippen molar-refractivity contribution in [2.75, 3.05) is 6.16 Å². The number of carbonyl (C=O) groups is 1. The summed E-state index contributed by atoms with van der Waals surface area (Å²) in [7, 11) is -3.60. The van der Waals surface area contributed by atoms with Crippen LogP contribution in [0.4, 0.5) is 0 Å². The van der Waals surface area contributed by atoms with Gasteiger partial charge in [0.05, 0.1) is 0 Å². The molecule has 0 saturated heterocycles. The Balaban J connectivity index is 3.17. The van der Waals surface area contributed by atoms with Crippen molar-refractivity contribution in [1.82, 2.24) is 0 Å². The largest absolute Gasteiger partial charge is 0.403 e. The van der Waals surface area contributed by atoms with Gasteiger partial charge in [-0.2, -0.15) is 14.7 Å². The van der Waals surface area contributed by atoms with Crippen molar-refractivity contribution in [2.45, 2.75) is 12.8 Å². The topological polar surface area (TPSA) is 77.8 Å². The first-order valence-electron chi connectivity index (χ1n) is 2.56. The first-order chi connectivity index (χ1) is 4.06. The SMILES string of the molecule is O=CCCC[P+](O)(O)O. The molecule has 54 valence electrons. The zero-order chi connectivity index (χ0) is 7.33. The summed E-state index contributed by atoms with van der Waals surface area (Å²) in [6.07, 6.45) is 1.20. The highest BCUT2D eigenvalue weighted by Crippen LogP contribution is 2.44. The van der Waals surface area contributed by atoms with Gasteiger partial charge in [0.2, 0.25) is 0 Å². The second kappa shape index (κ2) is 3.90. The summed E-state index contributed by atoms with van der Waals surface area (Å²) in [4.78, 5) is 34.7. The van der Waals surface area contributed by atoms with Gasteiger partial charge in [-0.1, -0.05) is 0 Å².